The predicted molar refractivity (Wildman–Crippen MR) is 177 cm³/mol. The van der Waals surface area contributed by atoms with Crippen LogP contribution in [-0.4, -0.2) is 40.4 Å². The second-order valence-electron chi connectivity index (χ2n) is 13.2. The fourth-order valence-electron chi connectivity index (χ4n) is 6.52. The number of thiophene rings is 1. The molecule has 4 aromatic rings. The number of aryl methyl sites for hydroxylation is 1. The number of nitrogens with one attached hydrogen (secondary N) is 2. The maximum absolute atomic E-state index is 13.7. The number of hydrogen-bond acceptors (Lipinski definition) is 6. The monoisotopic (exact) mass is 599 g/mol. The summed E-state index contributed by atoms with van der Waals surface area (Å²) in [7, 11) is 0. The van der Waals surface area contributed by atoms with Crippen LogP contribution in [0.4, 0.5) is 0 Å². The van der Waals surface area contributed by atoms with Crippen molar-refractivity contribution < 1.29 is 4.79 Å². The fraction of sp³-hybridized carbons (Fsp3) is 0.457. The first-order chi connectivity index (χ1) is 20.2. The zero-order valence-corrected chi connectivity index (χ0v) is 26.6. The molecule has 2 aliphatic rings. The first kappa shape index (κ1) is 31.1. The number of fused-ring (bicyclic) bond motifs is 2. The molecule has 6 rings (SSSR count). The molecular weight excluding hydrogens is 554 g/mol. The van der Waals surface area contributed by atoms with Crippen LogP contribution in [0, 0.1) is 11.3 Å². The Hall–Kier alpha value is -3.33. The number of aromatic nitrogens is 2. The maximum atomic E-state index is 13.7. The molecule has 1 aliphatic carbocycles. The zero-order chi connectivity index (χ0) is 29.3. The van der Waals surface area contributed by atoms with Crippen molar-refractivity contribution in [2.24, 2.45) is 11.3 Å². The van der Waals surface area contributed by atoms with Gasteiger partial charge < -0.3 is 21.4 Å². The van der Waals surface area contributed by atoms with E-state index in [1.807, 2.05) is 12.1 Å². The SMILES string of the molecule is CC(C)(C)[C@H]1CCc2nc3sc(C(=O)N[C@H](CCN4CCCCC4)c4ccc(-c5ccc(=O)[nH]c5)cc4)cc3cc2C1.N. The summed E-state index contributed by atoms with van der Waals surface area (Å²) >= 11 is 1.51. The minimum absolute atomic E-state index is 0. The minimum atomic E-state index is -0.110. The van der Waals surface area contributed by atoms with Crippen LogP contribution in [0.1, 0.15) is 85.4 Å². The number of benzene rings is 1. The third-order valence-electron chi connectivity index (χ3n) is 9.24. The Bertz CT molecular complexity index is 1590. The molecule has 0 bridgehead atoms. The highest BCUT2D eigenvalue weighted by atomic mass is 32.1. The first-order valence-corrected chi connectivity index (χ1v) is 16.3. The Kier molecular flexibility index (Phi) is 9.49. The van der Waals surface area contributed by atoms with Gasteiger partial charge in [0, 0.05) is 29.9 Å². The van der Waals surface area contributed by atoms with Crippen molar-refractivity contribution in [1.29, 1.82) is 0 Å². The Balaban J connectivity index is 0.00000368. The molecule has 1 aromatic carbocycles. The number of nitrogens with zero attached hydrogens (tertiary/aromatic N) is 2. The molecule has 1 saturated heterocycles. The van der Waals surface area contributed by atoms with E-state index in [1.165, 1.54) is 48.3 Å². The van der Waals surface area contributed by atoms with Crippen LogP contribution >= 0.6 is 11.3 Å². The Labute approximate surface area is 258 Å². The fourth-order valence-corrected chi connectivity index (χ4v) is 7.46. The molecule has 8 heteroatoms. The number of piperidine rings is 1. The van der Waals surface area contributed by atoms with Crippen LogP contribution in [0.15, 0.2) is 59.5 Å². The number of hydrogen-bond donors (Lipinski definition) is 3. The highest BCUT2D eigenvalue weighted by Crippen LogP contribution is 2.38. The van der Waals surface area contributed by atoms with Gasteiger partial charge in [-0.25, -0.2) is 4.98 Å². The van der Waals surface area contributed by atoms with Gasteiger partial charge >= 0.3 is 0 Å². The predicted octanol–water partition coefficient (Wildman–Crippen LogP) is 7.31. The highest BCUT2D eigenvalue weighted by molar-refractivity contribution is 7.20. The van der Waals surface area contributed by atoms with E-state index in [-0.39, 0.29) is 29.1 Å². The van der Waals surface area contributed by atoms with Crippen molar-refractivity contribution >= 4 is 27.5 Å². The highest BCUT2D eigenvalue weighted by Gasteiger charge is 2.30. The van der Waals surface area contributed by atoms with E-state index >= 15 is 0 Å². The summed E-state index contributed by atoms with van der Waals surface area (Å²) in [6.07, 6.45) is 9.66. The second kappa shape index (κ2) is 13.1. The quantitative estimate of drug-likeness (QED) is 0.206. The number of pyridine rings is 2. The Morgan fingerprint density at radius 1 is 1.07 bits per heavy atom. The van der Waals surface area contributed by atoms with E-state index in [9.17, 15) is 9.59 Å². The lowest BCUT2D eigenvalue weighted by molar-refractivity contribution is 0.0934. The van der Waals surface area contributed by atoms with Gasteiger partial charge in [-0.2, -0.15) is 0 Å². The molecule has 1 aliphatic heterocycles. The van der Waals surface area contributed by atoms with Gasteiger partial charge in [0.25, 0.3) is 5.91 Å². The van der Waals surface area contributed by atoms with Gasteiger partial charge in [-0.15, -0.1) is 11.3 Å². The standard InChI is InChI=1S/C35H42N4O2S.H3N/c1-35(2,3)28-12-13-29-26(20-28)19-27-21-31(42-34(27)38-29)33(41)37-30(15-18-39-16-5-4-6-17-39)24-9-7-23(8-10-24)25-11-14-32(40)36-22-25;/h7-11,14,19,21-22,28,30H,4-6,12-13,15-18,20H2,1-3H3,(H,36,40)(H,37,41);1H3/t28-,30+;/m0./s1. The molecule has 5 N–H and O–H groups in total. The largest absolute Gasteiger partial charge is 0.344 e. The molecule has 43 heavy (non-hydrogen) atoms. The smallest absolute Gasteiger partial charge is 0.261 e. The molecule has 0 unspecified atom stereocenters. The van der Waals surface area contributed by atoms with Crippen molar-refractivity contribution in [2.75, 3.05) is 19.6 Å². The molecule has 4 heterocycles. The summed E-state index contributed by atoms with van der Waals surface area (Å²) in [5, 5.41) is 4.46. The van der Waals surface area contributed by atoms with Gasteiger partial charge in [-0.3, -0.25) is 9.59 Å². The summed E-state index contributed by atoms with van der Waals surface area (Å²) in [4.78, 5) is 37.2. The topological polar surface area (TPSA) is 113 Å². The summed E-state index contributed by atoms with van der Waals surface area (Å²) in [6.45, 7) is 10.2. The summed E-state index contributed by atoms with van der Waals surface area (Å²) in [6, 6.07) is 16.0. The van der Waals surface area contributed by atoms with Crippen LogP contribution < -0.4 is 17.0 Å². The van der Waals surface area contributed by atoms with E-state index in [0.29, 0.717) is 5.92 Å². The molecule has 2 atom stereocenters. The van der Waals surface area contributed by atoms with Crippen LogP contribution in [0.25, 0.3) is 21.3 Å². The average Bonchev–Trinajstić information content (AvgIpc) is 3.41. The molecule has 3 aromatic heterocycles. The van der Waals surface area contributed by atoms with Crippen molar-refractivity contribution in [2.45, 2.75) is 71.8 Å². The maximum Gasteiger partial charge on any atom is 0.261 e. The van der Waals surface area contributed by atoms with Crippen LogP contribution in [0.5, 0.6) is 0 Å². The third kappa shape index (κ3) is 7.25. The van der Waals surface area contributed by atoms with E-state index in [4.69, 9.17) is 4.98 Å². The van der Waals surface area contributed by atoms with Crippen molar-refractivity contribution in [3.8, 4) is 11.1 Å². The van der Waals surface area contributed by atoms with Crippen LogP contribution in [0.3, 0.4) is 0 Å². The Morgan fingerprint density at radius 2 is 1.81 bits per heavy atom. The van der Waals surface area contributed by atoms with Crippen molar-refractivity contribution in [1.82, 2.24) is 26.3 Å². The summed E-state index contributed by atoms with van der Waals surface area (Å²) in [5.74, 6) is 0.624. The minimum Gasteiger partial charge on any atom is -0.344 e. The zero-order valence-electron chi connectivity index (χ0n) is 25.7. The number of likely N-dealkylation sites (tertiary alicyclic amines) is 1. The van der Waals surface area contributed by atoms with E-state index in [0.717, 1.165) is 70.7 Å². The summed E-state index contributed by atoms with van der Waals surface area (Å²) < 4.78 is 0. The average molecular weight is 600 g/mol. The number of rotatable bonds is 7. The Morgan fingerprint density at radius 3 is 2.51 bits per heavy atom. The molecule has 7 nitrogen and oxygen atoms in total. The lowest BCUT2D eigenvalue weighted by Crippen LogP contribution is -2.35. The number of H-pyrrole nitrogens is 1. The lowest BCUT2D eigenvalue weighted by atomic mass is 9.71. The van der Waals surface area contributed by atoms with Gasteiger partial charge in [0.15, 0.2) is 0 Å². The van der Waals surface area contributed by atoms with Crippen molar-refractivity contribution in [3.05, 3.63) is 86.8 Å². The van der Waals surface area contributed by atoms with Gasteiger partial charge in [0.1, 0.15) is 4.83 Å². The molecule has 1 amide bonds. The third-order valence-corrected chi connectivity index (χ3v) is 10.3. The molecule has 0 saturated carbocycles. The molecule has 1 fully saturated rings. The second-order valence-corrected chi connectivity index (χ2v) is 14.2. The molecule has 228 valence electrons. The molecule has 0 radical (unpaired) electrons. The normalized spacial score (nSPS) is 18.1. The molecular formula is C35H45N5O2S. The van der Waals surface area contributed by atoms with Crippen molar-refractivity contribution in [3.63, 3.8) is 0 Å². The van der Waals surface area contributed by atoms with Crippen LogP contribution in [-0.2, 0) is 12.8 Å². The number of aromatic amines is 1. The number of amides is 1. The number of carbonyl (C=O) groups excluding carboxylic acids is 1. The van der Waals surface area contributed by atoms with E-state index in [2.05, 4.69) is 66.3 Å². The van der Waals surface area contributed by atoms with Gasteiger partial charge in [-0.1, -0.05) is 51.5 Å². The van der Waals surface area contributed by atoms with E-state index < -0.39 is 0 Å². The van der Waals surface area contributed by atoms with Gasteiger partial charge in [0.05, 0.1) is 10.9 Å². The summed E-state index contributed by atoms with van der Waals surface area (Å²) in [5.41, 5.74) is 5.82. The van der Waals surface area contributed by atoms with E-state index in [1.54, 1.807) is 12.3 Å². The number of carbonyl (C=O) groups is 1. The van der Waals surface area contributed by atoms with Gasteiger partial charge in [0.2, 0.25) is 5.56 Å². The first-order valence-electron chi connectivity index (χ1n) is 15.5. The molecule has 0 spiro atoms. The van der Waals surface area contributed by atoms with Gasteiger partial charge in [-0.05, 0) is 103 Å². The van der Waals surface area contributed by atoms with Crippen LogP contribution in [0.2, 0.25) is 0 Å². The lowest BCUT2D eigenvalue weighted by Gasteiger charge is -2.34.